The van der Waals surface area contributed by atoms with Crippen molar-refractivity contribution in [3.8, 4) is 0 Å². The Hall–Kier alpha value is -0.710. The van der Waals surface area contributed by atoms with Gasteiger partial charge < -0.3 is 10.4 Å². The lowest BCUT2D eigenvalue weighted by molar-refractivity contribution is -0.130. The number of amides is 1. The minimum absolute atomic E-state index is 0.0659. The standard InChI is InChI=1S/C16H24ClNO2S/c1-15(2,9-12-6-5-7-13(17)8-12)14(19)18-10-16(3,20)11-21-4/h5-8,20H,9-11H2,1-4H3,(H,18,19). The molecule has 0 aliphatic rings. The number of aliphatic hydroxyl groups is 1. The van der Waals surface area contributed by atoms with Gasteiger partial charge in [-0.2, -0.15) is 11.8 Å². The number of hydrogen-bond acceptors (Lipinski definition) is 3. The molecule has 0 fully saturated rings. The summed E-state index contributed by atoms with van der Waals surface area (Å²) in [6.45, 7) is 5.78. The summed E-state index contributed by atoms with van der Waals surface area (Å²) < 4.78 is 0. The third kappa shape index (κ3) is 6.29. The number of carbonyl (C=O) groups excluding carboxylic acids is 1. The lowest BCUT2D eigenvalue weighted by Gasteiger charge is -2.28. The van der Waals surface area contributed by atoms with Crippen LogP contribution < -0.4 is 5.32 Å². The second-order valence-corrected chi connectivity index (χ2v) is 7.61. The smallest absolute Gasteiger partial charge is 0.226 e. The van der Waals surface area contributed by atoms with E-state index >= 15 is 0 Å². The molecule has 0 aliphatic heterocycles. The van der Waals surface area contributed by atoms with Crippen LogP contribution in [0.4, 0.5) is 0 Å². The first-order chi connectivity index (χ1) is 9.66. The van der Waals surface area contributed by atoms with Crippen molar-refractivity contribution in [3.05, 3.63) is 34.9 Å². The molecule has 1 amide bonds. The molecule has 0 heterocycles. The van der Waals surface area contributed by atoms with Crippen molar-refractivity contribution < 1.29 is 9.90 Å². The largest absolute Gasteiger partial charge is 0.387 e. The topological polar surface area (TPSA) is 49.3 Å². The van der Waals surface area contributed by atoms with Crippen molar-refractivity contribution in [1.82, 2.24) is 5.32 Å². The third-order valence-corrected chi connectivity index (χ3v) is 4.38. The Bertz CT molecular complexity index is 489. The number of halogens is 1. The van der Waals surface area contributed by atoms with Crippen LogP contribution >= 0.6 is 23.4 Å². The molecule has 1 rings (SSSR count). The predicted molar refractivity (Wildman–Crippen MR) is 91.0 cm³/mol. The van der Waals surface area contributed by atoms with Crippen LogP contribution in [0.25, 0.3) is 0 Å². The van der Waals surface area contributed by atoms with Gasteiger partial charge in [0.05, 0.1) is 5.60 Å². The summed E-state index contributed by atoms with van der Waals surface area (Å²) in [5.74, 6) is 0.519. The molecule has 1 aromatic carbocycles. The Labute approximate surface area is 136 Å². The molecular weight excluding hydrogens is 306 g/mol. The summed E-state index contributed by atoms with van der Waals surface area (Å²) >= 11 is 7.53. The van der Waals surface area contributed by atoms with Gasteiger partial charge in [-0.25, -0.2) is 0 Å². The van der Waals surface area contributed by atoms with E-state index in [1.165, 1.54) is 0 Å². The van der Waals surface area contributed by atoms with Crippen LogP contribution in [0.15, 0.2) is 24.3 Å². The molecule has 0 saturated heterocycles. The molecule has 0 spiro atoms. The highest BCUT2D eigenvalue weighted by Gasteiger charge is 2.30. The molecule has 0 saturated carbocycles. The third-order valence-electron chi connectivity index (χ3n) is 3.23. The summed E-state index contributed by atoms with van der Waals surface area (Å²) in [4.78, 5) is 12.3. The molecule has 3 nitrogen and oxygen atoms in total. The van der Waals surface area contributed by atoms with Crippen molar-refractivity contribution in [2.75, 3.05) is 18.6 Å². The Morgan fingerprint density at radius 1 is 1.38 bits per heavy atom. The molecule has 0 aliphatic carbocycles. The van der Waals surface area contributed by atoms with Crippen LogP contribution in [0.5, 0.6) is 0 Å². The zero-order valence-corrected chi connectivity index (χ0v) is 14.6. The summed E-state index contributed by atoms with van der Waals surface area (Å²) in [5.41, 5.74) is -0.417. The molecule has 21 heavy (non-hydrogen) atoms. The molecular formula is C16H24ClNO2S. The van der Waals surface area contributed by atoms with Crippen LogP contribution in [-0.2, 0) is 11.2 Å². The highest BCUT2D eigenvalue weighted by atomic mass is 35.5. The van der Waals surface area contributed by atoms with E-state index in [0.717, 1.165) is 5.56 Å². The molecule has 1 unspecified atom stereocenters. The summed E-state index contributed by atoms with van der Waals surface area (Å²) in [5, 5.41) is 13.6. The van der Waals surface area contributed by atoms with E-state index in [1.807, 2.05) is 44.4 Å². The maximum Gasteiger partial charge on any atom is 0.226 e. The van der Waals surface area contributed by atoms with Crippen LogP contribution in [0, 0.1) is 5.41 Å². The average molecular weight is 330 g/mol. The molecule has 0 bridgehead atoms. The number of hydrogen-bond donors (Lipinski definition) is 2. The van der Waals surface area contributed by atoms with Gasteiger partial charge in [0.15, 0.2) is 0 Å². The molecule has 0 aromatic heterocycles. The fraction of sp³-hybridized carbons (Fsp3) is 0.562. The molecule has 1 aromatic rings. The van der Waals surface area contributed by atoms with E-state index in [-0.39, 0.29) is 12.5 Å². The Balaban J connectivity index is 2.63. The minimum atomic E-state index is -0.888. The Morgan fingerprint density at radius 3 is 2.62 bits per heavy atom. The maximum atomic E-state index is 12.3. The fourth-order valence-electron chi connectivity index (χ4n) is 2.11. The number of carbonyl (C=O) groups is 1. The van der Waals surface area contributed by atoms with Gasteiger partial charge in [-0.05, 0) is 37.3 Å². The highest BCUT2D eigenvalue weighted by molar-refractivity contribution is 7.98. The second-order valence-electron chi connectivity index (χ2n) is 6.30. The van der Waals surface area contributed by atoms with Crippen LogP contribution in [0.1, 0.15) is 26.3 Å². The van der Waals surface area contributed by atoms with Gasteiger partial charge >= 0.3 is 0 Å². The van der Waals surface area contributed by atoms with Crippen LogP contribution in [0.2, 0.25) is 5.02 Å². The molecule has 1 atom stereocenters. The number of nitrogens with one attached hydrogen (secondary N) is 1. The summed E-state index contributed by atoms with van der Waals surface area (Å²) in [6.07, 6.45) is 2.53. The van der Waals surface area contributed by atoms with Gasteiger partial charge in [0.1, 0.15) is 0 Å². The average Bonchev–Trinajstić information content (AvgIpc) is 2.35. The van der Waals surface area contributed by atoms with Crippen molar-refractivity contribution in [1.29, 1.82) is 0 Å². The van der Waals surface area contributed by atoms with Crippen LogP contribution in [0.3, 0.4) is 0 Å². The molecule has 2 N–H and O–H groups in total. The van der Waals surface area contributed by atoms with Gasteiger partial charge in [-0.3, -0.25) is 4.79 Å². The maximum absolute atomic E-state index is 12.3. The minimum Gasteiger partial charge on any atom is -0.387 e. The monoisotopic (exact) mass is 329 g/mol. The highest BCUT2D eigenvalue weighted by Crippen LogP contribution is 2.24. The van der Waals surface area contributed by atoms with Gasteiger partial charge in [-0.15, -0.1) is 0 Å². The zero-order valence-electron chi connectivity index (χ0n) is 13.1. The van der Waals surface area contributed by atoms with Gasteiger partial charge in [0.2, 0.25) is 5.91 Å². The Kier molecular flexibility index (Phi) is 6.57. The lowest BCUT2D eigenvalue weighted by Crippen LogP contribution is -2.47. The van der Waals surface area contributed by atoms with Gasteiger partial charge in [0.25, 0.3) is 0 Å². The van der Waals surface area contributed by atoms with E-state index in [1.54, 1.807) is 18.7 Å². The van der Waals surface area contributed by atoms with E-state index in [2.05, 4.69) is 5.32 Å². The molecule has 0 radical (unpaired) electrons. The number of rotatable bonds is 7. The summed E-state index contributed by atoms with van der Waals surface area (Å²) in [6, 6.07) is 7.54. The zero-order chi connectivity index (χ0) is 16.1. The van der Waals surface area contributed by atoms with E-state index in [9.17, 15) is 9.90 Å². The first-order valence-corrected chi connectivity index (χ1v) is 8.67. The van der Waals surface area contributed by atoms with E-state index < -0.39 is 11.0 Å². The first-order valence-electron chi connectivity index (χ1n) is 6.90. The SMILES string of the molecule is CSCC(C)(O)CNC(=O)C(C)(C)Cc1cccc(Cl)c1. The van der Waals surface area contributed by atoms with Crippen molar-refractivity contribution in [3.63, 3.8) is 0 Å². The first kappa shape index (κ1) is 18.3. The van der Waals surface area contributed by atoms with E-state index in [0.29, 0.717) is 17.2 Å². The normalized spacial score (nSPS) is 14.6. The van der Waals surface area contributed by atoms with Gasteiger partial charge in [-0.1, -0.05) is 37.6 Å². The second kappa shape index (κ2) is 7.52. The number of thioether (sulfide) groups is 1. The fourth-order valence-corrected chi connectivity index (χ4v) is 3.05. The van der Waals surface area contributed by atoms with Crippen molar-refractivity contribution in [2.24, 2.45) is 5.41 Å². The van der Waals surface area contributed by atoms with Crippen LogP contribution in [-0.4, -0.2) is 35.2 Å². The molecule has 118 valence electrons. The predicted octanol–water partition coefficient (Wildman–Crippen LogP) is 3.14. The molecule has 5 heteroatoms. The summed E-state index contributed by atoms with van der Waals surface area (Å²) in [7, 11) is 0. The Morgan fingerprint density at radius 2 is 2.05 bits per heavy atom. The number of benzene rings is 1. The van der Waals surface area contributed by atoms with Crippen molar-refractivity contribution in [2.45, 2.75) is 32.8 Å². The quantitative estimate of drug-likeness (QED) is 0.808. The lowest BCUT2D eigenvalue weighted by atomic mass is 9.84. The van der Waals surface area contributed by atoms with Crippen molar-refractivity contribution >= 4 is 29.3 Å². The van der Waals surface area contributed by atoms with Gasteiger partial charge in [0, 0.05) is 22.7 Å². The van der Waals surface area contributed by atoms with E-state index in [4.69, 9.17) is 11.6 Å².